The molecule has 1 aliphatic heterocycles. The number of aliphatic hydroxyl groups is 1. The molecule has 1 fully saturated rings. The SMILES string of the molecule is CC(C)(C)OC(=O)N[C@@H](Cc1ccccc1)[C@H]1O[C@H]1[C@H](CO)Cc1ccccc1. The zero-order valence-corrected chi connectivity index (χ0v) is 17.4. The lowest BCUT2D eigenvalue weighted by molar-refractivity contribution is 0.0495. The second kappa shape index (κ2) is 9.42. The van der Waals surface area contributed by atoms with Crippen LogP contribution in [0, 0.1) is 5.92 Å². The number of amides is 1. The number of ether oxygens (including phenoxy) is 2. The van der Waals surface area contributed by atoms with Gasteiger partial charge >= 0.3 is 6.09 Å². The highest BCUT2D eigenvalue weighted by molar-refractivity contribution is 5.68. The van der Waals surface area contributed by atoms with Gasteiger partial charge in [-0.25, -0.2) is 4.79 Å². The number of alkyl carbamates (subject to hydrolysis) is 1. The van der Waals surface area contributed by atoms with E-state index in [0.717, 1.165) is 12.0 Å². The van der Waals surface area contributed by atoms with Crippen molar-refractivity contribution in [2.24, 2.45) is 5.92 Å². The topological polar surface area (TPSA) is 71.1 Å². The molecule has 3 rings (SSSR count). The third-order valence-electron chi connectivity index (χ3n) is 5.00. The maximum atomic E-state index is 12.4. The average Bonchev–Trinajstić information content (AvgIpc) is 3.46. The van der Waals surface area contributed by atoms with Crippen molar-refractivity contribution in [3.05, 3.63) is 71.8 Å². The Hall–Kier alpha value is -2.37. The molecule has 0 bridgehead atoms. The fraction of sp³-hybridized carbons (Fsp3) is 0.458. The predicted molar refractivity (Wildman–Crippen MR) is 113 cm³/mol. The van der Waals surface area contributed by atoms with Gasteiger partial charge in [-0.3, -0.25) is 0 Å². The van der Waals surface area contributed by atoms with Gasteiger partial charge in [-0.1, -0.05) is 60.7 Å². The standard InChI is InChI=1S/C24H31NO4/c1-24(2,3)29-23(27)25-20(15-18-12-8-5-9-13-18)22-21(28-22)19(16-26)14-17-10-6-4-7-11-17/h4-13,19-22,26H,14-16H2,1-3H3,(H,25,27)/t19-,20-,21-,22+/m0/s1. The van der Waals surface area contributed by atoms with Gasteiger partial charge in [-0.15, -0.1) is 0 Å². The number of rotatable bonds is 8. The summed E-state index contributed by atoms with van der Waals surface area (Å²) in [6, 6.07) is 19.9. The number of carbonyl (C=O) groups excluding carboxylic acids is 1. The van der Waals surface area contributed by atoms with E-state index < -0.39 is 11.7 Å². The van der Waals surface area contributed by atoms with Gasteiger partial charge in [-0.2, -0.15) is 0 Å². The van der Waals surface area contributed by atoms with Crippen LogP contribution in [0.2, 0.25) is 0 Å². The molecular weight excluding hydrogens is 366 g/mol. The highest BCUT2D eigenvalue weighted by Gasteiger charge is 2.49. The van der Waals surface area contributed by atoms with Gasteiger partial charge in [0.15, 0.2) is 0 Å². The van der Waals surface area contributed by atoms with E-state index in [4.69, 9.17) is 9.47 Å². The number of hydrogen-bond acceptors (Lipinski definition) is 4. The Morgan fingerprint density at radius 3 is 2.07 bits per heavy atom. The molecule has 2 aromatic rings. The normalized spacial score (nSPS) is 20.6. The third-order valence-corrected chi connectivity index (χ3v) is 5.00. The molecule has 1 amide bonds. The van der Waals surface area contributed by atoms with E-state index in [1.807, 2.05) is 69.3 Å². The molecule has 2 aromatic carbocycles. The van der Waals surface area contributed by atoms with Gasteiger partial charge in [0, 0.05) is 12.5 Å². The van der Waals surface area contributed by atoms with Crippen LogP contribution in [-0.4, -0.2) is 41.7 Å². The fourth-order valence-electron chi connectivity index (χ4n) is 3.62. The first-order chi connectivity index (χ1) is 13.9. The van der Waals surface area contributed by atoms with E-state index in [2.05, 4.69) is 17.4 Å². The molecule has 5 heteroatoms. The summed E-state index contributed by atoms with van der Waals surface area (Å²) in [6.07, 6.45) is 0.692. The minimum atomic E-state index is -0.563. The minimum Gasteiger partial charge on any atom is -0.444 e. The Labute approximate surface area is 173 Å². The molecule has 5 nitrogen and oxygen atoms in total. The first-order valence-electron chi connectivity index (χ1n) is 10.2. The molecule has 2 N–H and O–H groups in total. The van der Waals surface area contributed by atoms with Crippen LogP contribution in [0.3, 0.4) is 0 Å². The Morgan fingerprint density at radius 1 is 1.00 bits per heavy atom. The summed E-state index contributed by atoms with van der Waals surface area (Å²) in [4.78, 5) is 12.4. The lowest BCUT2D eigenvalue weighted by atomic mass is 9.92. The Balaban J connectivity index is 1.68. The number of nitrogens with one attached hydrogen (secondary N) is 1. The lowest BCUT2D eigenvalue weighted by Crippen LogP contribution is -2.44. The summed E-state index contributed by atoms with van der Waals surface area (Å²) < 4.78 is 11.4. The van der Waals surface area contributed by atoms with E-state index in [-0.39, 0.29) is 30.8 Å². The van der Waals surface area contributed by atoms with Crippen molar-refractivity contribution in [1.82, 2.24) is 5.32 Å². The molecule has 0 aliphatic carbocycles. The van der Waals surface area contributed by atoms with E-state index >= 15 is 0 Å². The Morgan fingerprint density at radius 2 is 1.55 bits per heavy atom. The largest absolute Gasteiger partial charge is 0.444 e. The van der Waals surface area contributed by atoms with E-state index in [1.54, 1.807) is 0 Å². The number of benzene rings is 2. The zero-order chi connectivity index (χ0) is 20.9. The van der Waals surface area contributed by atoms with Gasteiger partial charge < -0.3 is 19.9 Å². The van der Waals surface area contributed by atoms with E-state index in [9.17, 15) is 9.90 Å². The summed E-state index contributed by atoms with van der Waals surface area (Å²) in [5, 5.41) is 12.9. The van der Waals surface area contributed by atoms with Gasteiger partial charge in [0.2, 0.25) is 0 Å². The second-order valence-corrected chi connectivity index (χ2v) is 8.64. The Kier molecular flexibility index (Phi) is 6.93. The van der Waals surface area contributed by atoms with Crippen LogP contribution in [-0.2, 0) is 22.3 Å². The summed E-state index contributed by atoms with van der Waals surface area (Å²) in [5.41, 5.74) is 1.72. The molecular formula is C24H31NO4. The average molecular weight is 398 g/mol. The van der Waals surface area contributed by atoms with Crippen molar-refractivity contribution in [1.29, 1.82) is 0 Å². The van der Waals surface area contributed by atoms with Crippen molar-refractivity contribution < 1.29 is 19.4 Å². The predicted octanol–water partition coefficient (Wildman–Crippen LogP) is 3.74. The van der Waals surface area contributed by atoms with Gasteiger partial charge in [0.1, 0.15) is 11.7 Å². The van der Waals surface area contributed by atoms with E-state index in [1.165, 1.54) is 5.56 Å². The molecule has 156 valence electrons. The Bertz CT molecular complexity index is 772. The number of carbonyl (C=O) groups is 1. The van der Waals surface area contributed by atoms with Crippen molar-refractivity contribution in [2.45, 2.75) is 57.5 Å². The smallest absolute Gasteiger partial charge is 0.407 e. The fourth-order valence-corrected chi connectivity index (χ4v) is 3.62. The first kappa shape index (κ1) is 21.3. The van der Waals surface area contributed by atoms with Crippen LogP contribution in [0.4, 0.5) is 4.79 Å². The minimum absolute atomic E-state index is 0.0129. The van der Waals surface area contributed by atoms with Crippen molar-refractivity contribution >= 4 is 6.09 Å². The van der Waals surface area contributed by atoms with Crippen molar-refractivity contribution in [2.75, 3.05) is 6.61 Å². The maximum Gasteiger partial charge on any atom is 0.407 e. The van der Waals surface area contributed by atoms with Crippen LogP contribution in [0.25, 0.3) is 0 Å². The summed E-state index contributed by atoms with van der Waals surface area (Å²) in [7, 11) is 0. The van der Waals surface area contributed by atoms with Crippen molar-refractivity contribution in [3.63, 3.8) is 0 Å². The number of epoxide rings is 1. The monoisotopic (exact) mass is 397 g/mol. The quantitative estimate of drug-likeness (QED) is 0.666. The van der Waals surface area contributed by atoms with E-state index in [0.29, 0.717) is 6.42 Å². The highest BCUT2D eigenvalue weighted by atomic mass is 16.6. The van der Waals surface area contributed by atoms with Crippen LogP contribution >= 0.6 is 0 Å². The lowest BCUT2D eigenvalue weighted by Gasteiger charge is -2.23. The van der Waals surface area contributed by atoms with Crippen LogP contribution in [0.1, 0.15) is 31.9 Å². The first-order valence-corrected chi connectivity index (χ1v) is 10.2. The summed E-state index contributed by atoms with van der Waals surface area (Å²) in [5.74, 6) is -0.0129. The molecule has 1 heterocycles. The van der Waals surface area contributed by atoms with Gasteiger partial charge in [-0.05, 0) is 44.7 Å². The number of hydrogen-bond donors (Lipinski definition) is 2. The summed E-state index contributed by atoms with van der Waals surface area (Å²) in [6.45, 7) is 5.57. The number of aliphatic hydroxyl groups excluding tert-OH is 1. The van der Waals surface area contributed by atoms with Crippen LogP contribution in [0.5, 0.6) is 0 Å². The molecule has 4 atom stereocenters. The molecule has 0 radical (unpaired) electrons. The third kappa shape index (κ3) is 6.58. The molecule has 1 saturated heterocycles. The molecule has 0 unspecified atom stereocenters. The van der Waals surface area contributed by atoms with Crippen LogP contribution in [0.15, 0.2) is 60.7 Å². The molecule has 0 aromatic heterocycles. The molecule has 0 saturated carbocycles. The van der Waals surface area contributed by atoms with Crippen molar-refractivity contribution in [3.8, 4) is 0 Å². The van der Waals surface area contributed by atoms with Gasteiger partial charge in [0.05, 0.1) is 12.1 Å². The molecule has 1 aliphatic rings. The zero-order valence-electron chi connectivity index (χ0n) is 17.4. The summed E-state index contributed by atoms with van der Waals surface area (Å²) >= 11 is 0. The molecule has 29 heavy (non-hydrogen) atoms. The van der Waals surface area contributed by atoms with Gasteiger partial charge in [0.25, 0.3) is 0 Å². The van der Waals surface area contributed by atoms with Crippen LogP contribution < -0.4 is 5.32 Å². The maximum absolute atomic E-state index is 12.4. The highest BCUT2D eigenvalue weighted by Crippen LogP contribution is 2.35. The second-order valence-electron chi connectivity index (χ2n) is 8.64. The molecule has 0 spiro atoms.